The molecule has 0 bridgehead atoms. The van der Waals surface area contributed by atoms with Gasteiger partial charge in [0.2, 0.25) is 9.05 Å². The van der Waals surface area contributed by atoms with E-state index in [2.05, 4.69) is 0 Å². The highest BCUT2D eigenvalue weighted by atomic mass is 35.7. The van der Waals surface area contributed by atoms with Gasteiger partial charge in [-0.1, -0.05) is 20.8 Å². The topological polar surface area (TPSA) is 34.1 Å². The van der Waals surface area contributed by atoms with Gasteiger partial charge in [-0.25, -0.2) is 8.42 Å². The van der Waals surface area contributed by atoms with Crippen LogP contribution in [0.2, 0.25) is 0 Å². The van der Waals surface area contributed by atoms with E-state index in [4.69, 9.17) is 10.7 Å². The molecule has 0 aromatic heterocycles. The van der Waals surface area contributed by atoms with Crippen molar-refractivity contribution in [2.45, 2.75) is 44.8 Å². The summed E-state index contributed by atoms with van der Waals surface area (Å²) in [4.78, 5) is 0. The zero-order valence-corrected chi connectivity index (χ0v) is 9.30. The average Bonchev–Trinajstić information content (AvgIpc) is 2.39. The summed E-state index contributed by atoms with van der Waals surface area (Å²) in [6, 6.07) is 0. The molecule has 0 heterocycles. The van der Waals surface area contributed by atoms with E-state index in [0.29, 0.717) is 6.42 Å². The summed E-state index contributed by atoms with van der Waals surface area (Å²) in [5.41, 5.74) is 0.0401. The molecule has 1 saturated carbocycles. The van der Waals surface area contributed by atoms with Gasteiger partial charge in [0, 0.05) is 10.7 Å². The van der Waals surface area contributed by atoms with E-state index in [9.17, 15) is 8.42 Å². The van der Waals surface area contributed by atoms with Crippen molar-refractivity contribution < 1.29 is 8.42 Å². The number of hydrogen-bond acceptors (Lipinski definition) is 2. The first kappa shape index (κ1) is 10.3. The summed E-state index contributed by atoms with van der Waals surface area (Å²) >= 11 is 0. The molecule has 0 aliphatic heterocycles. The Balaban J connectivity index is 2.77. The van der Waals surface area contributed by atoms with Gasteiger partial charge in [-0.05, 0) is 24.7 Å². The van der Waals surface area contributed by atoms with E-state index in [-0.39, 0.29) is 5.41 Å². The maximum absolute atomic E-state index is 11.2. The van der Waals surface area contributed by atoms with E-state index in [1.165, 1.54) is 0 Å². The molecule has 1 aliphatic carbocycles. The molecular weight excluding hydrogens is 196 g/mol. The van der Waals surface area contributed by atoms with Crippen molar-refractivity contribution in [1.29, 1.82) is 0 Å². The second-order valence-corrected chi connectivity index (χ2v) is 7.82. The highest BCUT2D eigenvalue weighted by Crippen LogP contribution is 2.52. The summed E-state index contributed by atoms with van der Waals surface area (Å²) in [5, 5.41) is 0. The van der Waals surface area contributed by atoms with Crippen LogP contribution in [0.4, 0.5) is 0 Å². The summed E-state index contributed by atoms with van der Waals surface area (Å²) in [6.45, 7) is 6.11. The van der Waals surface area contributed by atoms with Crippen LogP contribution in [0.1, 0.15) is 40.0 Å². The van der Waals surface area contributed by atoms with E-state index < -0.39 is 13.8 Å². The van der Waals surface area contributed by atoms with Gasteiger partial charge >= 0.3 is 0 Å². The van der Waals surface area contributed by atoms with E-state index in [1.807, 2.05) is 20.8 Å². The van der Waals surface area contributed by atoms with Gasteiger partial charge in [0.25, 0.3) is 0 Å². The van der Waals surface area contributed by atoms with Gasteiger partial charge in [0.15, 0.2) is 0 Å². The molecule has 0 spiro atoms. The molecule has 0 radical (unpaired) electrons. The van der Waals surface area contributed by atoms with Crippen molar-refractivity contribution >= 4 is 19.7 Å². The highest BCUT2D eigenvalue weighted by Gasteiger charge is 2.55. The lowest BCUT2D eigenvalue weighted by Gasteiger charge is -2.23. The Morgan fingerprint density at radius 2 is 1.75 bits per heavy atom. The summed E-state index contributed by atoms with van der Waals surface area (Å²) in [5.74, 6) is 0. The van der Waals surface area contributed by atoms with Crippen LogP contribution in [0.3, 0.4) is 0 Å². The van der Waals surface area contributed by atoms with E-state index >= 15 is 0 Å². The fourth-order valence-corrected chi connectivity index (χ4v) is 3.43. The Hall–Kier alpha value is 0.240. The van der Waals surface area contributed by atoms with Crippen LogP contribution >= 0.6 is 10.7 Å². The van der Waals surface area contributed by atoms with Crippen molar-refractivity contribution in [2.24, 2.45) is 5.41 Å². The average molecular weight is 211 g/mol. The molecule has 1 rings (SSSR count). The molecule has 12 heavy (non-hydrogen) atoms. The smallest absolute Gasteiger partial charge is 0.212 e. The molecule has 0 unspecified atom stereocenters. The summed E-state index contributed by atoms with van der Waals surface area (Å²) in [6.07, 6.45) is 2.14. The third kappa shape index (κ3) is 2.13. The summed E-state index contributed by atoms with van der Waals surface area (Å²) < 4.78 is 21.7. The van der Waals surface area contributed by atoms with Crippen LogP contribution in [-0.2, 0) is 9.05 Å². The Morgan fingerprint density at radius 1 is 1.33 bits per heavy atom. The van der Waals surface area contributed by atoms with Gasteiger partial charge in [-0.15, -0.1) is 0 Å². The zero-order valence-electron chi connectivity index (χ0n) is 7.72. The Kier molecular flexibility index (Phi) is 2.25. The predicted octanol–water partition coefficient (Wildman–Crippen LogP) is 2.52. The van der Waals surface area contributed by atoms with E-state index in [1.54, 1.807) is 0 Å². The molecule has 1 fully saturated rings. The fourth-order valence-electron chi connectivity index (χ4n) is 1.61. The second-order valence-electron chi connectivity index (χ2n) is 4.86. The largest absolute Gasteiger partial charge is 0.238 e. The molecule has 2 nitrogen and oxygen atoms in total. The van der Waals surface area contributed by atoms with Crippen LogP contribution in [0.15, 0.2) is 0 Å². The third-order valence-corrected chi connectivity index (χ3v) is 4.75. The monoisotopic (exact) mass is 210 g/mol. The number of hydrogen-bond donors (Lipinski definition) is 0. The lowest BCUT2D eigenvalue weighted by atomic mass is 9.89. The minimum absolute atomic E-state index is 0.0401. The standard InChI is InChI=1S/C8H15ClO2S/c1-7(2,3)6-8(4-5-8)12(9,10)11/h4-6H2,1-3H3. The van der Waals surface area contributed by atoms with Crippen molar-refractivity contribution in [3.63, 3.8) is 0 Å². The van der Waals surface area contributed by atoms with Gasteiger partial charge in [-0.2, -0.15) is 0 Å². The molecule has 0 amide bonds. The van der Waals surface area contributed by atoms with Crippen molar-refractivity contribution in [3.05, 3.63) is 0 Å². The van der Waals surface area contributed by atoms with Crippen molar-refractivity contribution in [3.8, 4) is 0 Å². The molecule has 0 aromatic carbocycles. The van der Waals surface area contributed by atoms with Gasteiger partial charge in [0.05, 0.1) is 4.75 Å². The van der Waals surface area contributed by atoms with Crippen LogP contribution in [0.25, 0.3) is 0 Å². The quantitative estimate of drug-likeness (QED) is 0.657. The highest BCUT2D eigenvalue weighted by molar-refractivity contribution is 8.15. The molecular formula is C8H15ClO2S. The minimum Gasteiger partial charge on any atom is -0.212 e. The molecule has 4 heteroatoms. The lowest BCUT2D eigenvalue weighted by molar-refractivity contribution is 0.360. The molecule has 0 saturated heterocycles. The predicted molar refractivity (Wildman–Crippen MR) is 50.8 cm³/mol. The molecule has 1 aliphatic rings. The molecule has 72 valence electrons. The first-order valence-electron chi connectivity index (χ1n) is 4.11. The van der Waals surface area contributed by atoms with Gasteiger partial charge in [-0.3, -0.25) is 0 Å². The normalized spacial score (nSPS) is 22.3. The van der Waals surface area contributed by atoms with E-state index in [0.717, 1.165) is 12.8 Å². The van der Waals surface area contributed by atoms with Crippen molar-refractivity contribution in [2.75, 3.05) is 0 Å². The Morgan fingerprint density at radius 3 is 1.83 bits per heavy atom. The summed E-state index contributed by atoms with van der Waals surface area (Å²) in [7, 11) is 2.01. The lowest BCUT2D eigenvalue weighted by Crippen LogP contribution is -2.24. The Bertz CT molecular complexity index is 270. The first-order chi connectivity index (χ1) is 5.16. The van der Waals surface area contributed by atoms with Crippen LogP contribution in [0.5, 0.6) is 0 Å². The van der Waals surface area contributed by atoms with Crippen LogP contribution in [0, 0.1) is 5.41 Å². The van der Waals surface area contributed by atoms with Crippen LogP contribution < -0.4 is 0 Å². The van der Waals surface area contributed by atoms with Gasteiger partial charge in [0.1, 0.15) is 0 Å². The zero-order chi connectivity index (χ0) is 9.62. The van der Waals surface area contributed by atoms with Gasteiger partial charge < -0.3 is 0 Å². The number of rotatable bonds is 2. The molecule has 0 atom stereocenters. The van der Waals surface area contributed by atoms with Crippen LogP contribution in [-0.4, -0.2) is 13.2 Å². The third-order valence-electron chi connectivity index (χ3n) is 2.18. The van der Waals surface area contributed by atoms with Crippen molar-refractivity contribution in [1.82, 2.24) is 0 Å². The maximum Gasteiger partial charge on any atom is 0.238 e. The fraction of sp³-hybridized carbons (Fsp3) is 1.00. The SMILES string of the molecule is CC(C)(C)CC1(S(=O)(=O)Cl)CC1. The number of halogens is 1. The minimum atomic E-state index is -3.35. The molecule has 0 aromatic rings. The second kappa shape index (κ2) is 2.61. The molecule has 0 N–H and O–H groups in total. The first-order valence-corrected chi connectivity index (χ1v) is 6.42. The Labute approximate surface area is 78.7 Å². The maximum atomic E-state index is 11.2.